The van der Waals surface area contributed by atoms with Gasteiger partial charge in [-0.25, -0.2) is 9.37 Å². The Balaban J connectivity index is 1.71. The minimum atomic E-state index is -0.873. The van der Waals surface area contributed by atoms with Gasteiger partial charge in [-0.15, -0.1) is 0 Å². The molecule has 1 aromatic carbocycles. The number of rotatable bonds is 9. The monoisotopic (exact) mass is 417 g/mol. The predicted molar refractivity (Wildman–Crippen MR) is 118 cm³/mol. The van der Waals surface area contributed by atoms with Crippen LogP contribution in [0, 0.1) is 11.2 Å². The average Bonchev–Trinajstić information content (AvgIpc) is 2.72. The summed E-state index contributed by atoms with van der Waals surface area (Å²) in [6.45, 7) is 6.03. The largest absolute Gasteiger partial charge is 0.381 e. The lowest BCUT2D eigenvalue weighted by Crippen LogP contribution is -2.42. The number of aliphatic hydroxyl groups excluding tert-OH is 1. The Hall–Kier alpha value is -2.29. The number of nitrogens with one attached hydrogen (secondary N) is 4. The molecule has 0 radical (unpaired) electrons. The number of aromatic nitrogens is 1. The molecule has 7 nitrogen and oxygen atoms in total. The lowest BCUT2D eigenvalue weighted by atomic mass is 10.0. The van der Waals surface area contributed by atoms with E-state index in [0.29, 0.717) is 40.9 Å². The van der Waals surface area contributed by atoms with Crippen molar-refractivity contribution in [1.29, 1.82) is 5.41 Å². The Bertz CT molecular complexity index is 855. The van der Waals surface area contributed by atoms with E-state index in [1.165, 1.54) is 12.1 Å². The van der Waals surface area contributed by atoms with Crippen molar-refractivity contribution in [3.63, 3.8) is 0 Å². The molecule has 1 saturated heterocycles. The average molecular weight is 418 g/mol. The number of hydrogen-bond donors (Lipinski definition) is 5. The summed E-state index contributed by atoms with van der Waals surface area (Å²) in [7, 11) is 0. The van der Waals surface area contributed by atoms with Crippen molar-refractivity contribution in [2.24, 2.45) is 0 Å². The van der Waals surface area contributed by atoms with E-state index in [4.69, 9.17) is 10.1 Å². The molecule has 164 valence electrons. The summed E-state index contributed by atoms with van der Waals surface area (Å²) in [4.78, 5) is 4.61. The van der Waals surface area contributed by atoms with E-state index in [1.54, 1.807) is 19.1 Å². The first-order valence-electron chi connectivity index (χ1n) is 10.7. The van der Waals surface area contributed by atoms with Crippen molar-refractivity contribution in [3.8, 4) is 0 Å². The number of hydrogen-bond acceptors (Lipinski definition) is 6. The third-order valence-electron chi connectivity index (χ3n) is 5.37. The van der Waals surface area contributed by atoms with Crippen molar-refractivity contribution in [2.75, 3.05) is 25.1 Å². The summed E-state index contributed by atoms with van der Waals surface area (Å²) in [6, 6.07) is 7.01. The number of anilines is 1. The van der Waals surface area contributed by atoms with Crippen molar-refractivity contribution in [3.05, 3.63) is 35.6 Å². The Kier molecular flexibility index (Phi) is 7.95. The molecule has 30 heavy (non-hydrogen) atoms. The second-order valence-corrected chi connectivity index (χ2v) is 7.79. The van der Waals surface area contributed by atoms with Crippen LogP contribution in [0.2, 0.25) is 0 Å². The topological polar surface area (TPSA) is 102 Å². The zero-order valence-electron chi connectivity index (χ0n) is 17.7. The maximum atomic E-state index is 13.6. The van der Waals surface area contributed by atoms with Crippen LogP contribution in [0.25, 0.3) is 10.9 Å². The lowest BCUT2D eigenvalue weighted by molar-refractivity contribution is 0.0745. The van der Waals surface area contributed by atoms with Gasteiger partial charge in [0.05, 0.1) is 11.1 Å². The number of nitrogens with zero attached hydrogens (tertiary/aromatic N) is 1. The first-order valence-corrected chi connectivity index (χ1v) is 10.7. The molecule has 1 fully saturated rings. The van der Waals surface area contributed by atoms with E-state index >= 15 is 0 Å². The number of benzene rings is 1. The Morgan fingerprint density at radius 3 is 2.80 bits per heavy atom. The molecule has 0 amide bonds. The van der Waals surface area contributed by atoms with Crippen LogP contribution in [0.3, 0.4) is 0 Å². The quantitative estimate of drug-likeness (QED) is 0.244. The van der Waals surface area contributed by atoms with Crippen molar-refractivity contribution in [2.45, 2.75) is 57.8 Å². The number of pyridine rings is 1. The highest BCUT2D eigenvalue weighted by molar-refractivity contribution is 6.03. The van der Waals surface area contributed by atoms with E-state index in [0.717, 1.165) is 38.9 Å². The molecule has 0 aliphatic carbocycles. The molecule has 1 aliphatic rings. The van der Waals surface area contributed by atoms with Crippen LogP contribution in [0.15, 0.2) is 24.3 Å². The zero-order valence-corrected chi connectivity index (χ0v) is 17.7. The number of amidine groups is 1. The third kappa shape index (κ3) is 6.10. The smallest absolute Gasteiger partial charge is 0.137 e. The second-order valence-electron chi connectivity index (χ2n) is 7.79. The minimum absolute atomic E-state index is 0.0403. The molecule has 8 heteroatoms. The summed E-state index contributed by atoms with van der Waals surface area (Å²) in [5.41, 5.74) is 1.15. The van der Waals surface area contributed by atoms with Crippen LogP contribution >= 0.6 is 0 Å². The van der Waals surface area contributed by atoms with Crippen LogP contribution < -0.4 is 16.0 Å². The number of aliphatic hydroxyl groups is 1. The minimum Gasteiger partial charge on any atom is -0.381 e. The highest BCUT2D eigenvalue weighted by atomic mass is 19.1. The summed E-state index contributed by atoms with van der Waals surface area (Å²) >= 11 is 0. The van der Waals surface area contributed by atoms with Gasteiger partial charge >= 0.3 is 0 Å². The molecular formula is C22H32FN5O2. The van der Waals surface area contributed by atoms with Gasteiger partial charge in [-0.3, -0.25) is 5.41 Å². The van der Waals surface area contributed by atoms with E-state index in [2.05, 4.69) is 27.9 Å². The third-order valence-corrected chi connectivity index (χ3v) is 5.37. The van der Waals surface area contributed by atoms with Gasteiger partial charge in [0.15, 0.2) is 0 Å². The molecule has 0 spiro atoms. The van der Waals surface area contributed by atoms with Crippen LogP contribution in [0.5, 0.6) is 0 Å². The molecule has 2 unspecified atom stereocenters. The summed E-state index contributed by atoms with van der Waals surface area (Å²) in [6.07, 6.45) is 3.14. The zero-order chi connectivity index (χ0) is 21.5. The molecule has 3 rings (SSSR count). The molecular weight excluding hydrogens is 385 g/mol. The first kappa shape index (κ1) is 22.4. The summed E-state index contributed by atoms with van der Waals surface area (Å²) in [5.74, 6) is 0.239. The summed E-state index contributed by atoms with van der Waals surface area (Å²) in [5, 5.41) is 28.2. The van der Waals surface area contributed by atoms with Gasteiger partial charge < -0.3 is 25.8 Å². The fraction of sp³-hybridized carbons (Fsp3) is 0.545. The molecule has 2 atom stereocenters. The summed E-state index contributed by atoms with van der Waals surface area (Å²) < 4.78 is 19.1. The van der Waals surface area contributed by atoms with Crippen molar-refractivity contribution in [1.82, 2.24) is 15.6 Å². The van der Waals surface area contributed by atoms with Gasteiger partial charge in [-0.2, -0.15) is 0 Å². The van der Waals surface area contributed by atoms with E-state index < -0.39 is 6.23 Å². The normalized spacial score (nSPS) is 16.9. The number of ether oxygens (including phenoxy) is 1. The maximum absolute atomic E-state index is 13.6. The Labute approximate surface area is 176 Å². The van der Waals surface area contributed by atoms with Crippen LogP contribution in [-0.4, -0.2) is 54.0 Å². The van der Waals surface area contributed by atoms with Gasteiger partial charge in [0.1, 0.15) is 23.7 Å². The van der Waals surface area contributed by atoms with E-state index in [9.17, 15) is 9.50 Å². The van der Waals surface area contributed by atoms with Gasteiger partial charge in [0.25, 0.3) is 0 Å². The highest BCUT2D eigenvalue weighted by Crippen LogP contribution is 2.22. The fourth-order valence-corrected chi connectivity index (χ4v) is 3.73. The second kappa shape index (κ2) is 10.7. The van der Waals surface area contributed by atoms with Gasteiger partial charge in [0, 0.05) is 37.2 Å². The first-order chi connectivity index (χ1) is 14.5. The van der Waals surface area contributed by atoms with Crippen molar-refractivity contribution < 1.29 is 14.2 Å². The molecule has 2 aromatic rings. The molecule has 1 aromatic heterocycles. The Morgan fingerprint density at radius 2 is 2.10 bits per heavy atom. The maximum Gasteiger partial charge on any atom is 0.137 e. The molecule has 1 aliphatic heterocycles. The van der Waals surface area contributed by atoms with Crippen LogP contribution in [-0.2, 0) is 4.74 Å². The predicted octanol–water partition coefficient (Wildman–Crippen LogP) is 2.98. The molecule has 2 heterocycles. The van der Waals surface area contributed by atoms with E-state index in [-0.39, 0.29) is 11.7 Å². The number of halogens is 1. The lowest BCUT2D eigenvalue weighted by Gasteiger charge is -2.28. The highest BCUT2D eigenvalue weighted by Gasteiger charge is 2.18. The van der Waals surface area contributed by atoms with Crippen molar-refractivity contribution >= 4 is 22.6 Å². The molecule has 0 bridgehead atoms. The fourth-order valence-electron chi connectivity index (χ4n) is 3.73. The van der Waals surface area contributed by atoms with Crippen LogP contribution in [0.4, 0.5) is 10.2 Å². The number of fused-ring (bicyclic) bond motifs is 1. The van der Waals surface area contributed by atoms with Gasteiger partial charge in [0.2, 0.25) is 0 Å². The molecule has 5 N–H and O–H groups in total. The SMILES string of the molecule is CCC(CCNc1nc2ccc(F)cc2cc1C(=N)NC(C)O)NC1CCOCC1. The standard InChI is InChI=1S/C22H32FN5O2/c1-3-17(27-18-7-10-30-11-8-18)6-9-25-22-19(21(24)26-14(2)29)13-15-12-16(23)4-5-20(15)28-22/h4-5,12-14,17-18,27,29H,3,6-11H2,1-2H3,(H2,24,26)(H,25,28). The van der Waals surface area contributed by atoms with Crippen LogP contribution in [0.1, 0.15) is 45.1 Å². The molecule has 0 saturated carbocycles. The Morgan fingerprint density at radius 1 is 1.33 bits per heavy atom. The van der Waals surface area contributed by atoms with E-state index in [1.807, 2.05) is 0 Å². The van der Waals surface area contributed by atoms with Gasteiger partial charge in [-0.1, -0.05) is 6.92 Å². The van der Waals surface area contributed by atoms with Gasteiger partial charge in [-0.05, 0) is 56.9 Å².